The molecule has 0 saturated heterocycles. The minimum absolute atomic E-state index is 0.0515. The molecule has 0 fully saturated rings. The Labute approximate surface area is 92.4 Å². The quantitative estimate of drug-likeness (QED) is 0.863. The van der Waals surface area contributed by atoms with Gasteiger partial charge in [-0.1, -0.05) is 18.2 Å². The van der Waals surface area contributed by atoms with Crippen LogP contribution in [0.2, 0.25) is 0 Å². The third-order valence-electron chi connectivity index (χ3n) is 2.21. The number of ether oxygens (including phenoxy) is 1. The zero-order chi connectivity index (χ0) is 12.2. The Bertz CT molecular complexity index is 338. The molecule has 5 heteroatoms. The van der Waals surface area contributed by atoms with Crippen LogP contribution in [0.3, 0.4) is 0 Å². The number of nitrogens with one attached hydrogen (secondary N) is 1. The molecule has 1 unspecified atom stereocenters. The highest BCUT2D eigenvalue weighted by Gasteiger charge is 2.28. The number of alkyl halides is 3. The van der Waals surface area contributed by atoms with Gasteiger partial charge in [0.25, 0.3) is 0 Å². The first kappa shape index (κ1) is 12.8. The Morgan fingerprint density at radius 3 is 2.50 bits per heavy atom. The fourth-order valence-electron chi connectivity index (χ4n) is 1.28. The number of para-hydroxylation sites is 1. The molecule has 1 aromatic carbocycles. The van der Waals surface area contributed by atoms with Crippen molar-refractivity contribution in [2.75, 3.05) is 13.7 Å². The van der Waals surface area contributed by atoms with E-state index in [1.54, 1.807) is 25.2 Å². The monoisotopic (exact) mass is 233 g/mol. The average molecular weight is 233 g/mol. The Morgan fingerprint density at radius 1 is 1.31 bits per heavy atom. The van der Waals surface area contributed by atoms with Crippen molar-refractivity contribution in [2.45, 2.75) is 19.1 Å². The van der Waals surface area contributed by atoms with Crippen LogP contribution in [0.15, 0.2) is 24.3 Å². The normalized spacial score (nSPS) is 13.6. The van der Waals surface area contributed by atoms with E-state index in [1.807, 2.05) is 6.92 Å². The highest BCUT2D eigenvalue weighted by Crippen LogP contribution is 2.26. The molecule has 0 bridgehead atoms. The average Bonchev–Trinajstić information content (AvgIpc) is 2.25. The van der Waals surface area contributed by atoms with Gasteiger partial charge in [0.05, 0.1) is 0 Å². The molecule has 16 heavy (non-hydrogen) atoms. The zero-order valence-electron chi connectivity index (χ0n) is 9.14. The van der Waals surface area contributed by atoms with Crippen molar-refractivity contribution in [3.8, 4) is 5.75 Å². The molecular weight excluding hydrogens is 219 g/mol. The van der Waals surface area contributed by atoms with Gasteiger partial charge in [-0.05, 0) is 20.0 Å². The van der Waals surface area contributed by atoms with Crippen molar-refractivity contribution in [3.05, 3.63) is 29.8 Å². The van der Waals surface area contributed by atoms with Crippen LogP contribution >= 0.6 is 0 Å². The van der Waals surface area contributed by atoms with E-state index < -0.39 is 12.8 Å². The van der Waals surface area contributed by atoms with Gasteiger partial charge >= 0.3 is 6.18 Å². The molecule has 1 N–H and O–H groups in total. The summed E-state index contributed by atoms with van der Waals surface area (Å²) in [6, 6.07) is 6.65. The molecule has 0 saturated carbocycles. The summed E-state index contributed by atoms with van der Waals surface area (Å²) in [6.07, 6.45) is -4.31. The molecule has 2 nitrogen and oxygen atoms in total. The Hall–Kier alpha value is -1.23. The molecular formula is C11H14F3NO. The lowest BCUT2D eigenvalue weighted by Gasteiger charge is -2.17. The van der Waals surface area contributed by atoms with E-state index in [9.17, 15) is 13.2 Å². The van der Waals surface area contributed by atoms with E-state index >= 15 is 0 Å². The molecule has 90 valence electrons. The Kier molecular flexibility index (Phi) is 4.18. The number of benzene rings is 1. The van der Waals surface area contributed by atoms with Gasteiger partial charge in [0, 0.05) is 11.6 Å². The predicted octanol–water partition coefficient (Wildman–Crippen LogP) is 2.91. The summed E-state index contributed by atoms with van der Waals surface area (Å²) < 4.78 is 40.8. The summed E-state index contributed by atoms with van der Waals surface area (Å²) in [5.41, 5.74) is 0.717. The van der Waals surface area contributed by atoms with E-state index in [1.165, 1.54) is 6.07 Å². The maximum Gasteiger partial charge on any atom is 0.422 e. The number of hydrogen-bond donors (Lipinski definition) is 1. The van der Waals surface area contributed by atoms with Crippen LogP contribution in [0.5, 0.6) is 5.75 Å². The van der Waals surface area contributed by atoms with Gasteiger partial charge in [-0.2, -0.15) is 13.2 Å². The third-order valence-corrected chi connectivity index (χ3v) is 2.21. The summed E-state index contributed by atoms with van der Waals surface area (Å²) in [5.74, 6) is 0.265. The van der Waals surface area contributed by atoms with Crippen molar-refractivity contribution in [3.63, 3.8) is 0 Å². The van der Waals surface area contributed by atoms with Crippen molar-refractivity contribution in [1.29, 1.82) is 0 Å². The van der Waals surface area contributed by atoms with Crippen molar-refractivity contribution < 1.29 is 17.9 Å². The van der Waals surface area contributed by atoms with Crippen LogP contribution in [0.1, 0.15) is 18.5 Å². The molecule has 0 heterocycles. The third kappa shape index (κ3) is 3.73. The Balaban J connectivity index is 2.79. The molecule has 0 aromatic heterocycles. The number of halogens is 3. The van der Waals surface area contributed by atoms with Crippen LogP contribution in [0, 0.1) is 0 Å². The van der Waals surface area contributed by atoms with Crippen molar-refractivity contribution in [2.24, 2.45) is 0 Å². The minimum Gasteiger partial charge on any atom is -0.484 e. The molecule has 0 spiro atoms. The summed E-state index contributed by atoms with van der Waals surface area (Å²) in [6.45, 7) is 0.593. The second kappa shape index (κ2) is 5.21. The Morgan fingerprint density at radius 2 is 1.94 bits per heavy atom. The van der Waals surface area contributed by atoms with E-state index in [0.717, 1.165) is 0 Å². The molecule has 0 amide bonds. The van der Waals surface area contributed by atoms with Crippen molar-refractivity contribution >= 4 is 0 Å². The van der Waals surface area contributed by atoms with E-state index in [4.69, 9.17) is 4.74 Å². The lowest BCUT2D eigenvalue weighted by Crippen LogP contribution is -2.21. The fraction of sp³-hybridized carbons (Fsp3) is 0.455. The summed E-state index contributed by atoms with van der Waals surface area (Å²) >= 11 is 0. The van der Waals surface area contributed by atoms with Gasteiger partial charge in [-0.3, -0.25) is 0 Å². The van der Waals surface area contributed by atoms with Gasteiger partial charge < -0.3 is 10.1 Å². The van der Waals surface area contributed by atoms with Gasteiger partial charge in [0.2, 0.25) is 0 Å². The molecule has 1 rings (SSSR count). The maximum absolute atomic E-state index is 12.0. The molecule has 0 aliphatic carbocycles. The number of rotatable bonds is 4. The first-order valence-electron chi connectivity index (χ1n) is 4.90. The highest BCUT2D eigenvalue weighted by atomic mass is 19.4. The van der Waals surface area contributed by atoms with Gasteiger partial charge in [-0.25, -0.2) is 0 Å². The van der Waals surface area contributed by atoms with Crippen LogP contribution in [-0.4, -0.2) is 19.8 Å². The van der Waals surface area contributed by atoms with Gasteiger partial charge in [-0.15, -0.1) is 0 Å². The lowest BCUT2D eigenvalue weighted by molar-refractivity contribution is -0.153. The van der Waals surface area contributed by atoms with E-state index in [-0.39, 0.29) is 11.8 Å². The van der Waals surface area contributed by atoms with E-state index in [2.05, 4.69) is 5.32 Å². The predicted molar refractivity (Wildman–Crippen MR) is 55.5 cm³/mol. The standard InChI is InChI=1S/C11H14F3NO/c1-8(15-2)9-5-3-4-6-10(9)16-7-11(12,13)14/h3-6,8,15H,7H2,1-2H3. The molecule has 0 aliphatic rings. The molecule has 1 aromatic rings. The largest absolute Gasteiger partial charge is 0.484 e. The van der Waals surface area contributed by atoms with Crippen LogP contribution in [0.25, 0.3) is 0 Å². The molecule has 0 aliphatic heterocycles. The highest BCUT2D eigenvalue weighted by molar-refractivity contribution is 5.35. The zero-order valence-corrected chi connectivity index (χ0v) is 9.14. The lowest BCUT2D eigenvalue weighted by atomic mass is 10.1. The van der Waals surface area contributed by atoms with Crippen LogP contribution < -0.4 is 10.1 Å². The summed E-state index contributed by atoms with van der Waals surface area (Å²) in [5, 5.41) is 2.96. The van der Waals surface area contributed by atoms with Crippen LogP contribution in [-0.2, 0) is 0 Å². The topological polar surface area (TPSA) is 21.3 Å². The maximum atomic E-state index is 12.0. The molecule has 1 atom stereocenters. The summed E-state index contributed by atoms with van der Waals surface area (Å²) in [4.78, 5) is 0. The second-order valence-corrected chi connectivity index (χ2v) is 3.45. The minimum atomic E-state index is -4.31. The van der Waals surface area contributed by atoms with Gasteiger partial charge in [0.15, 0.2) is 6.61 Å². The van der Waals surface area contributed by atoms with Gasteiger partial charge in [0.1, 0.15) is 5.75 Å². The SMILES string of the molecule is CNC(C)c1ccccc1OCC(F)(F)F. The molecule has 0 radical (unpaired) electrons. The second-order valence-electron chi connectivity index (χ2n) is 3.45. The number of hydrogen-bond acceptors (Lipinski definition) is 2. The summed E-state index contributed by atoms with van der Waals surface area (Å²) in [7, 11) is 1.74. The van der Waals surface area contributed by atoms with Crippen LogP contribution in [0.4, 0.5) is 13.2 Å². The van der Waals surface area contributed by atoms with Crippen molar-refractivity contribution in [1.82, 2.24) is 5.32 Å². The first-order chi connectivity index (χ1) is 7.44. The first-order valence-corrected chi connectivity index (χ1v) is 4.90. The van der Waals surface area contributed by atoms with E-state index in [0.29, 0.717) is 5.56 Å². The fourth-order valence-corrected chi connectivity index (χ4v) is 1.28. The smallest absolute Gasteiger partial charge is 0.422 e.